The number of aliphatic hydroxyl groups is 1. The maximum Gasteiger partial charge on any atom is 0.303 e. The molecule has 5 nitrogen and oxygen atoms in total. The van der Waals surface area contributed by atoms with Crippen molar-refractivity contribution in [1.29, 1.82) is 0 Å². The monoisotopic (exact) mass is 314 g/mol. The average Bonchev–Trinajstić information content (AvgIpc) is 2.55. The van der Waals surface area contributed by atoms with E-state index in [1.54, 1.807) is 18.2 Å². The number of hydrogen-bond donors (Lipinski definition) is 2. The lowest BCUT2D eigenvalue weighted by Gasteiger charge is -2.25. The van der Waals surface area contributed by atoms with E-state index in [9.17, 15) is 9.90 Å². The molecule has 1 heterocycles. The van der Waals surface area contributed by atoms with Gasteiger partial charge >= 0.3 is 5.97 Å². The van der Waals surface area contributed by atoms with Gasteiger partial charge in [-0.15, -0.1) is 0 Å². The van der Waals surface area contributed by atoms with Crippen LogP contribution in [0.5, 0.6) is 17.2 Å². The number of benzene rings is 2. The molecule has 5 heteroatoms. The molecule has 0 radical (unpaired) electrons. The summed E-state index contributed by atoms with van der Waals surface area (Å²) in [6.07, 6.45) is 0.659. The Morgan fingerprint density at radius 2 is 1.87 bits per heavy atom. The summed E-state index contributed by atoms with van der Waals surface area (Å²) in [5.74, 6) is 1.13. The lowest BCUT2D eigenvalue weighted by atomic mass is 9.97. The van der Waals surface area contributed by atoms with E-state index < -0.39 is 12.1 Å². The van der Waals surface area contributed by atoms with E-state index >= 15 is 0 Å². The normalized spacial score (nSPS) is 15.3. The van der Waals surface area contributed by atoms with Gasteiger partial charge in [-0.25, -0.2) is 0 Å². The molecule has 0 fully saturated rings. The first-order valence-corrected chi connectivity index (χ1v) is 7.58. The Kier molecular flexibility index (Phi) is 4.48. The van der Waals surface area contributed by atoms with Crippen LogP contribution in [-0.2, 0) is 4.79 Å². The van der Waals surface area contributed by atoms with E-state index in [1.807, 2.05) is 24.3 Å². The summed E-state index contributed by atoms with van der Waals surface area (Å²) >= 11 is 0. The zero-order chi connectivity index (χ0) is 16.2. The molecule has 2 N–H and O–H groups in total. The van der Waals surface area contributed by atoms with Crippen LogP contribution in [0, 0.1) is 0 Å². The number of hydrogen-bond acceptors (Lipinski definition) is 4. The van der Waals surface area contributed by atoms with Crippen LogP contribution in [0.15, 0.2) is 42.5 Å². The van der Waals surface area contributed by atoms with Crippen molar-refractivity contribution in [2.45, 2.75) is 25.4 Å². The zero-order valence-electron chi connectivity index (χ0n) is 12.6. The number of ether oxygens (including phenoxy) is 2. The van der Waals surface area contributed by atoms with Gasteiger partial charge in [-0.2, -0.15) is 0 Å². The van der Waals surface area contributed by atoms with E-state index in [2.05, 4.69) is 0 Å². The second-order valence-electron chi connectivity index (χ2n) is 5.44. The SMILES string of the molecule is O=C(O)CCCCOc1ccc2c(c1)C(O)c1ccccc1O2. The predicted octanol–water partition coefficient (Wildman–Crippen LogP) is 3.51. The lowest BCUT2D eigenvalue weighted by Crippen LogP contribution is -2.10. The van der Waals surface area contributed by atoms with Crippen LogP contribution in [0.4, 0.5) is 0 Å². The molecule has 120 valence electrons. The molecule has 1 atom stereocenters. The Hall–Kier alpha value is -2.53. The highest BCUT2D eigenvalue weighted by atomic mass is 16.5. The summed E-state index contributed by atoms with van der Waals surface area (Å²) in [4.78, 5) is 10.4. The van der Waals surface area contributed by atoms with E-state index in [1.165, 1.54) is 0 Å². The third kappa shape index (κ3) is 3.46. The number of aliphatic hydroxyl groups excluding tert-OH is 1. The van der Waals surface area contributed by atoms with E-state index in [-0.39, 0.29) is 6.42 Å². The Balaban J connectivity index is 1.66. The molecular weight excluding hydrogens is 296 g/mol. The van der Waals surface area contributed by atoms with Gasteiger partial charge in [-0.3, -0.25) is 4.79 Å². The second-order valence-corrected chi connectivity index (χ2v) is 5.44. The van der Waals surface area contributed by atoms with Crippen molar-refractivity contribution in [1.82, 2.24) is 0 Å². The molecule has 3 rings (SSSR count). The van der Waals surface area contributed by atoms with Gasteiger partial charge in [0.1, 0.15) is 23.4 Å². The van der Waals surface area contributed by atoms with Gasteiger partial charge in [0.15, 0.2) is 0 Å². The summed E-state index contributed by atoms with van der Waals surface area (Å²) in [5.41, 5.74) is 1.41. The molecule has 0 saturated carbocycles. The molecule has 0 saturated heterocycles. The molecule has 1 aliphatic heterocycles. The van der Waals surface area contributed by atoms with Crippen molar-refractivity contribution < 1.29 is 24.5 Å². The summed E-state index contributed by atoms with van der Waals surface area (Å²) in [6.45, 7) is 0.444. The number of carboxylic acid groups (broad SMARTS) is 1. The topological polar surface area (TPSA) is 76.0 Å². The standard InChI is InChI=1S/C18H18O5/c19-17(20)7-3-4-10-22-12-8-9-16-14(11-12)18(21)13-5-1-2-6-15(13)23-16/h1-2,5-6,8-9,11,18,21H,3-4,7,10H2,(H,19,20). The highest BCUT2D eigenvalue weighted by molar-refractivity contribution is 5.66. The molecular formula is C18H18O5. The maximum absolute atomic E-state index is 10.5. The van der Waals surface area contributed by atoms with Crippen LogP contribution < -0.4 is 9.47 Å². The third-order valence-electron chi connectivity index (χ3n) is 3.76. The van der Waals surface area contributed by atoms with Crippen molar-refractivity contribution in [3.63, 3.8) is 0 Å². The van der Waals surface area contributed by atoms with Crippen molar-refractivity contribution >= 4 is 5.97 Å². The van der Waals surface area contributed by atoms with E-state index in [0.29, 0.717) is 42.3 Å². The van der Waals surface area contributed by atoms with Gasteiger partial charge in [0, 0.05) is 17.5 Å². The number of fused-ring (bicyclic) bond motifs is 2. The van der Waals surface area contributed by atoms with Crippen LogP contribution in [0.1, 0.15) is 36.5 Å². The summed E-state index contributed by atoms with van der Waals surface area (Å²) in [7, 11) is 0. The van der Waals surface area contributed by atoms with Crippen molar-refractivity contribution in [3.8, 4) is 17.2 Å². The molecule has 1 unspecified atom stereocenters. The largest absolute Gasteiger partial charge is 0.494 e. The quantitative estimate of drug-likeness (QED) is 0.798. The molecule has 23 heavy (non-hydrogen) atoms. The van der Waals surface area contributed by atoms with Gasteiger partial charge in [0.05, 0.1) is 6.61 Å². The zero-order valence-corrected chi connectivity index (χ0v) is 12.6. The lowest BCUT2D eigenvalue weighted by molar-refractivity contribution is -0.137. The van der Waals surface area contributed by atoms with Crippen LogP contribution in [-0.4, -0.2) is 22.8 Å². The first kappa shape index (κ1) is 15.4. The van der Waals surface area contributed by atoms with Gasteiger partial charge in [0.2, 0.25) is 0 Å². The highest BCUT2D eigenvalue weighted by Gasteiger charge is 2.25. The van der Waals surface area contributed by atoms with Crippen molar-refractivity contribution in [2.75, 3.05) is 6.61 Å². The fourth-order valence-electron chi connectivity index (χ4n) is 2.58. The number of aliphatic carboxylic acids is 1. The summed E-state index contributed by atoms with van der Waals surface area (Å²) in [5, 5.41) is 19.1. The minimum atomic E-state index is -0.794. The van der Waals surface area contributed by atoms with Crippen LogP contribution >= 0.6 is 0 Å². The minimum absolute atomic E-state index is 0.150. The number of unbranched alkanes of at least 4 members (excludes halogenated alkanes) is 1. The van der Waals surface area contributed by atoms with Crippen molar-refractivity contribution in [3.05, 3.63) is 53.6 Å². The Labute approximate surface area is 134 Å². The summed E-state index contributed by atoms with van der Waals surface area (Å²) in [6, 6.07) is 12.7. The minimum Gasteiger partial charge on any atom is -0.494 e. The maximum atomic E-state index is 10.5. The fourth-order valence-corrected chi connectivity index (χ4v) is 2.58. The Morgan fingerprint density at radius 1 is 1.09 bits per heavy atom. The first-order valence-electron chi connectivity index (χ1n) is 7.58. The molecule has 0 bridgehead atoms. The van der Waals surface area contributed by atoms with Crippen LogP contribution in [0.2, 0.25) is 0 Å². The third-order valence-corrected chi connectivity index (χ3v) is 3.76. The molecule has 2 aromatic rings. The Morgan fingerprint density at radius 3 is 2.70 bits per heavy atom. The van der Waals surface area contributed by atoms with Gasteiger partial charge in [0.25, 0.3) is 0 Å². The van der Waals surface area contributed by atoms with E-state index in [0.717, 1.165) is 5.56 Å². The number of carbonyl (C=O) groups is 1. The van der Waals surface area contributed by atoms with E-state index in [4.69, 9.17) is 14.6 Å². The highest BCUT2D eigenvalue weighted by Crippen LogP contribution is 2.43. The first-order chi connectivity index (χ1) is 11.1. The predicted molar refractivity (Wildman–Crippen MR) is 84.0 cm³/mol. The number of para-hydroxylation sites is 1. The number of carboxylic acids is 1. The summed E-state index contributed by atoms with van der Waals surface area (Å²) < 4.78 is 11.4. The van der Waals surface area contributed by atoms with Crippen molar-refractivity contribution in [2.24, 2.45) is 0 Å². The average molecular weight is 314 g/mol. The molecule has 0 aromatic heterocycles. The van der Waals surface area contributed by atoms with Gasteiger partial charge in [-0.1, -0.05) is 18.2 Å². The van der Waals surface area contributed by atoms with Crippen LogP contribution in [0.25, 0.3) is 0 Å². The Bertz CT molecular complexity index is 710. The van der Waals surface area contributed by atoms with Crippen LogP contribution in [0.3, 0.4) is 0 Å². The number of rotatable bonds is 6. The fraction of sp³-hybridized carbons (Fsp3) is 0.278. The van der Waals surface area contributed by atoms with Gasteiger partial charge in [-0.05, 0) is 37.1 Å². The van der Waals surface area contributed by atoms with Gasteiger partial charge < -0.3 is 19.7 Å². The molecule has 0 spiro atoms. The molecule has 1 aliphatic rings. The molecule has 0 amide bonds. The second kappa shape index (κ2) is 6.71. The molecule has 0 aliphatic carbocycles. The molecule has 2 aromatic carbocycles. The smallest absolute Gasteiger partial charge is 0.303 e.